The third-order valence-electron chi connectivity index (χ3n) is 3.91. The van der Waals surface area contributed by atoms with E-state index in [-0.39, 0.29) is 5.60 Å². The van der Waals surface area contributed by atoms with Crippen LogP contribution in [0, 0.1) is 0 Å². The van der Waals surface area contributed by atoms with Crippen molar-refractivity contribution < 1.29 is 4.74 Å². The van der Waals surface area contributed by atoms with Gasteiger partial charge in [-0.05, 0) is 73.6 Å². The second-order valence-electron chi connectivity index (χ2n) is 5.53. The molecule has 0 bridgehead atoms. The molecule has 2 nitrogen and oxygen atoms in total. The van der Waals surface area contributed by atoms with Crippen LogP contribution in [-0.2, 0) is 11.2 Å². The summed E-state index contributed by atoms with van der Waals surface area (Å²) in [6, 6.07) is 4.78. The van der Waals surface area contributed by atoms with Gasteiger partial charge < -0.3 is 10.1 Å². The van der Waals surface area contributed by atoms with Crippen molar-refractivity contribution in [1.29, 1.82) is 0 Å². The molecule has 2 heterocycles. The van der Waals surface area contributed by atoms with Gasteiger partial charge in [-0.25, -0.2) is 0 Å². The Morgan fingerprint density at radius 2 is 2.32 bits per heavy atom. The maximum absolute atomic E-state index is 6.13. The molecule has 2 unspecified atom stereocenters. The van der Waals surface area contributed by atoms with E-state index in [0.29, 0.717) is 6.04 Å². The summed E-state index contributed by atoms with van der Waals surface area (Å²) >= 11 is 5.38. The summed E-state index contributed by atoms with van der Waals surface area (Å²) in [6.45, 7) is 6.48. The molecular formula is C15H24BrNOS. The highest BCUT2D eigenvalue weighted by atomic mass is 79.9. The Morgan fingerprint density at radius 1 is 1.47 bits per heavy atom. The summed E-state index contributed by atoms with van der Waals surface area (Å²) in [6.07, 6.45) is 5.89. The van der Waals surface area contributed by atoms with Gasteiger partial charge in [0.15, 0.2) is 0 Å². The predicted octanol–water partition coefficient (Wildman–Crippen LogP) is 4.38. The van der Waals surface area contributed by atoms with Crippen LogP contribution in [0.25, 0.3) is 0 Å². The summed E-state index contributed by atoms with van der Waals surface area (Å²) in [5.74, 6) is 0. The van der Waals surface area contributed by atoms with Crippen LogP contribution in [-0.4, -0.2) is 24.8 Å². The third kappa shape index (κ3) is 4.28. The predicted molar refractivity (Wildman–Crippen MR) is 86.0 cm³/mol. The van der Waals surface area contributed by atoms with Crippen LogP contribution in [0.15, 0.2) is 15.9 Å². The van der Waals surface area contributed by atoms with E-state index in [1.165, 1.54) is 34.3 Å². The van der Waals surface area contributed by atoms with Crippen LogP contribution in [0.4, 0.5) is 0 Å². The number of hydrogen-bond acceptors (Lipinski definition) is 3. The molecule has 1 fully saturated rings. The van der Waals surface area contributed by atoms with Crippen LogP contribution < -0.4 is 5.32 Å². The van der Waals surface area contributed by atoms with E-state index in [4.69, 9.17) is 4.74 Å². The zero-order chi connectivity index (χ0) is 13.7. The van der Waals surface area contributed by atoms with Gasteiger partial charge in [-0.1, -0.05) is 6.92 Å². The fourth-order valence-electron chi connectivity index (χ4n) is 2.72. The smallest absolute Gasteiger partial charge is 0.0810 e. The van der Waals surface area contributed by atoms with Crippen molar-refractivity contribution in [2.75, 3.05) is 13.2 Å². The Balaban J connectivity index is 2.05. The van der Waals surface area contributed by atoms with Crippen LogP contribution in [0.5, 0.6) is 0 Å². The van der Waals surface area contributed by atoms with Crippen LogP contribution in [0.3, 0.4) is 0 Å². The maximum Gasteiger partial charge on any atom is 0.0810 e. The quantitative estimate of drug-likeness (QED) is 0.825. The highest BCUT2D eigenvalue weighted by molar-refractivity contribution is 9.11. The van der Waals surface area contributed by atoms with Gasteiger partial charge in [0, 0.05) is 17.5 Å². The Hall–Kier alpha value is 0.1000. The molecular weight excluding hydrogens is 322 g/mol. The number of hydrogen-bond donors (Lipinski definition) is 1. The first-order valence-corrected chi connectivity index (χ1v) is 8.86. The SMILES string of the molecule is CCCNC(Cc1ccc(Br)s1)C1(C)CCCCO1. The lowest BCUT2D eigenvalue weighted by Gasteiger charge is -2.41. The van der Waals surface area contributed by atoms with Gasteiger partial charge in [0.2, 0.25) is 0 Å². The molecule has 1 aliphatic heterocycles. The van der Waals surface area contributed by atoms with Gasteiger partial charge in [-0.3, -0.25) is 0 Å². The van der Waals surface area contributed by atoms with Crippen molar-refractivity contribution in [1.82, 2.24) is 5.32 Å². The summed E-state index contributed by atoms with van der Waals surface area (Å²) in [5, 5.41) is 3.70. The van der Waals surface area contributed by atoms with Crippen molar-refractivity contribution in [3.8, 4) is 0 Å². The van der Waals surface area contributed by atoms with Gasteiger partial charge in [0.05, 0.1) is 9.39 Å². The molecule has 0 aliphatic carbocycles. The molecule has 0 radical (unpaired) electrons. The van der Waals surface area contributed by atoms with E-state index in [1.54, 1.807) is 0 Å². The summed E-state index contributed by atoms with van der Waals surface area (Å²) in [5.41, 5.74) is -0.0100. The van der Waals surface area contributed by atoms with Gasteiger partial charge in [-0.2, -0.15) is 0 Å². The highest BCUT2D eigenvalue weighted by Crippen LogP contribution is 2.31. The van der Waals surface area contributed by atoms with Gasteiger partial charge in [-0.15, -0.1) is 11.3 Å². The molecule has 1 aromatic rings. The fourth-order valence-corrected chi connectivity index (χ4v) is 4.24. The number of rotatable bonds is 6. The average Bonchev–Trinajstić information content (AvgIpc) is 2.81. The Bertz CT molecular complexity index is 387. The average molecular weight is 346 g/mol. The van der Waals surface area contributed by atoms with Gasteiger partial charge >= 0.3 is 0 Å². The zero-order valence-electron chi connectivity index (χ0n) is 11.9. The zero-order valence-corrected chi connectivity index (χ0v) is 14.3. The molecule has 0 aromatic carbocycles. The van der Waals surface area contributed by atoms with Crippen molar-refractivity contribution in [2.45, 2.75) is 57.6 Å². The monoisotopic (exact) mass is 345 g/mol. The second kappa shape index (κ2) is 7.21. The third-order valence-corrected chi connectivity index (χ3v) is 5.56. The first-order chi connectivity index (χ1) is 9.14. The molecule has 2 rings (SSSR count). The molecule has 19 heavy (non-hydrogen) atoms. The van der Waals surface area contributed by atoms with Crippen LogP contribution >= 0.6 is 27.3 Å². The lowest BCUT2D eigenvalue weighted by Crippen LogP contribution is -2.53. The Morgan fingerprint density at radius 3 is 2.89 bits per heavy atom. The Kier molecular flexibility index (Phi) is 5.87. The number of ether oxygens (including phenoxy) is 1. The Labute approximate surface area is 129 Å². The molecule has 1 saturated heterocycles. The molecule has 1 aliphatic rings. The molecule has 108 valence electrons. The number of thiophene rings is 1. The molecule has 0 saturated carbocycles. The van der Waals surface area contributed by atoms with E-state index in [0.717, 1.165) is 19.6 Å². The molecule has 4 heteroatoms. The first-order valence-electron chi connectivity index (χ1n) is 7.25. The van der Waals surface area contributed by atoms with E-state index < -0.39 is 0 Å². The van der Waals surface area contributed by atoms with Crippen LogP contribution in [0.2, 0.25) is 0 Å². The van der Waals surface area contributed by atoms with Gasteiger partial charge in [0.25, 0.3) is 0 Å². The molecule has 0 spiro atoms. The minimum absolute atomic E-state index is 0.0100. The van der Waals surface area contributed by atoms with Crippen molar-refractivity contribution >= 4 is 27.3 Å². The normalized spacial score (nSPS) is 25.4. The van der Waals surface area contributed by atoms with E-state index in [2.05, 4.69) is 47.2 Å². The topological polar surface area (TPSA) is 21.3 Å². The van der Waals surface area contributed by atoms with Crippen molar-refractivity contribution in [2.24, 2.45) is 0 Å². The van der Waals surface area contributed by atoms with Crippen molar-refractivity contribution in [3.05, 3.63) is 20.8 Å². The summed E-state index contributed by atoms with van der Waals surface area (Å²) in [4.78, 5) is 1.43. The first kappa shape index (κ1) is 15.5. The number of halogens is 1. The summed E-state index contributed by atoms with van der Waals surface area (Å²) < 4.78 is 7.35. The van der Waals surface area contributed by atoms with E-state index >= 15 is 0 Å². The molecule has 2 atom stereocenters. The number of nitrogens with one attached hydrogen (secondary N) is 1. The van der Waals surface area contributed by atoms with Gasteiger partial charge in [0.1, 0.15) is 0 Å². The maximum atomic E-state index is 6.13. The molecule has 1 N–H and O–H groups in total. The minimum Gasteiger partial charge on any atom is -0.374 e. The van der Waals surface area contributed by atoms with E-state index in [9.17, 15) is 0 Å². The lowest BCUT2D eigenvalue weighted by atomic mass is 9.86. The van der Waals surface area contributed by atoms with Crippen molar-refractivity contribution in [3.63, 3.8) is 0 Å². The summed E-state index contributed by atoms with van der Waals surface area (Å²) in [7, 11) is 0. The lowest BCUT2D eigenvalue weighted by molar-refractivity contribution is -0.0882. The second-order valence-corrected chi connectivity index (χ2v) is 8.08. The minimum atomic E-state index is -0.0100. The molecule has 0 amide bonds. The highest BCUT2D eigenvalue weighted by Gasteiger charge is 2.36. The van der Waals surface area contributed by atoms with E-state index in [1.807, 2.05) is 11.3 Å². The molecule has 1 aromatic heterocycles. The fraction of sp³-hybridized carbons (Fsp3) is 0.733. The standard InChI is InChI=1S/C15H24BrNOS/c1-3-9-17-13(11-12-6-7-14(16)19-12)15(2)8-4-5-10-18-15/h6-7,13,17H,3-5,8-11H2,1-2H3. The van der Waals surface area contributed by atoms with Crippen LogP contribution in [0.1, 0.15) is 44.4 Å². The largest absolute Gasteiger partial charge is 0.374 e.